The maximum Gasteiger partial charge on any atom is 0.252 e. The van der Waals surface area contributed by atoms with Gasteiger partial charge in [0.15, 0.2) is 0 Å². The molecule has 376 valence electrons. The van der Waals surface area contributed by atoms with E-state index >= 15 is 0 Å². The van der Waals surface area contributed by atoms with E-state index < -0.39 is 0 Å². The van der Waals surface area contributed by atoms with Crippen LogP contribution >= 0.6 is 0 Å². The Balaban J connectivity index is 1.22. The molecule has 0 aromatic heterocycles. The Kier molecular flexibility index (Phi) is 10.3. The van der Waals surface area contributed by atoms with Gasteiger partial charge >= 0.3 is 0 Å². The molecule has 0 amide bonds. The highest BCUT2D eigenvalue weighted by Gasteiger charge is 2.58. The third kappa shape index (κ3) is 6.86. The minimum absolute atomic E-state index is 0.0123. The zero-order valence-electron chi connectivity index (χ0n) is 46.8. The summed E-state index contributed by atoms with van der Waals surface area (Å²) in [5.74, 6) is 0. The van der Waals surface area contributed by atoms with Gasteiger partial charge in [-0.3, -0.25) is 0 Å². The minimum Gasteiger partial charge on any atom is -0.334 e. The van der Waals surface area contributed by atoms with Gasteiger partial charge in [-0.2, -0.15) is 0 Å². The van der Waals surface area contributed by atoms with Gasteiger partial charge in [0.05, 0.1) is 11.2 Å². The fourth-order valence-electron chi connectivity index (χ4n) is 14.6. The summed E-state index contributed by atoms with van der Waals surface area (Å²) in [5.41, 5.74) is 27.1. The summed E-state index contributed by atoms with van der Waals surface area (Å²) in [5, 5.41) is 0. The van der Waals surface area contributed by atoms with Crippen molar-refractivity contribution in [1.29, 1.82) is 0 Å². The Bertz CT molecular complexity index is 3640. The predicted octanol–water partition coefficient (Wildman–Crippen LogP) is 17.4. The van der Waals surface area contributed by atoms with E-state index in [1.165, 1.54) is 137 Å². The summed E-state index contributed by atoms with van der Waals surface area (Å²) >= 11 is 0. The highest BCUT2D eigenvalue weighted by Crippen LogP contribution is 2.63. The second kappa shape index (κ2) is 16.1. The molecular weight excluding hydrogens is 906 g/mol. The van der Waals surface area contributed by atoms with Crippen LogP contribution < -0.4 is 31.1 Å². The molecule has 2 unspecified atom stereocenters. The molecule has 3 aliphatic heterocycles. The van der Waals surface area contributed by atoms with E-state index in [9.17, 15) is 0 Å². The van der Waals surface area contributed by atoms with E-state index in [1.807, 2.05) is 0 Å². The van der Waals surface area contributed by atoms with Gasteiger partial charge in [0.1, 0.15) is 0 Å². The topological polar surface area (TPSA) is 9.72 Å². The molecule has 2 atom stereocenters. The number of nitrogens with zero attached hydrogens (tertiary/aromatic N) is 3. The van der Waals surface area contributed by atoms with Crippen LogP contribution in [0.5, 0.6) is 0 Å². The molecule has 0 bridgehead atoms. The molecule has 13 rings (SSSR count). The fraction of sp³-hybridized carbons (Fsp3) is 0.324. The number of anilines is 8. The van der Waals surface area contributed by atoms with Crippen molar-refractivity contribution in [3.05, 3.63) is 197 Å². The molecule has 1 fully saturated rings. The molecule has 0 saturated heterocycles. The first-order valence-electron chi connectivity index (χ1n) is 28.0. The van der Waals surface area contributed by atoms with Crippen molar-refractivity contribution in [1.82, 2.24) is 0 Å². The third-order valence-corrected chi connectivity index (χ3v) is 19.1. The molecule has 2 aliphatic carbocycles. The molecule has 0 N–H and O–H groups in total. The molecule has 3 heterocycles. The van der Waals surface area contributed by atoms with Gasteiger partial charge in [-0.15, -0.1) is 0 Å². The van der Waals surface area contributed by atoms with Crippen molar-refractivity contribution in [2.75, 3.05) is 14.7 Å². The average Bonchev–Trinajstić information content (AvgIpc) is 3.96. The van der Waals surface area contributed by atoms with Crippen molar-refractivity contribution in [3.8, 4) is 22.3 Å². The van der Waals surface area contributed by atoms with Gasteiger partial charge in [0.25, 0.3) is 6.71 Å². The van der Waals surface area contributed by atoms with E-state index in [4.69, 9.17) is 0 Å². The van der Waals surface area contributed by atoms with Crippen molar-refractivity contribution in [3.63, 3.8) is 0 Å². The number of benzene rings is 8. The maximum atomic E-state index is 2.81. The molecule has 0 spiro atoms. The molecule has 75 heavy (non-hydrogen) atoms. The molecule has 8 aromatic rings. The molecule has 5 aliphatic rings. The van der Waals surface area contributed by atoms with Crippen molar-refractivity contribution < 1.29 is 0 Å². The first-order valence-corrected chi connectivity index (χ1v) is 28.0. The van der Waals surface area contributed by atoms with E-state index in [0.717, 1.165) is 6.42 Å². The summed E-state index contributed by atoms with van der Waals surface area (Å²) in [4.78, 5) is 8.23. The van der Waals surface area contributed by atoms with Crippen molar-refractivity contribution in [2.45, 2.75) is 148 Å². The van der Waals surface area contributed by atoms with E-state index in [2.05, 4.69) is 269 Å². The zero-order valence-corrected chi connectivity index (χ0v) is 46.8. The van der Waals surface area contributed by atoms with E-state index in [0.29, 0.717) is 0 Å². The van der Waals surface area contributed by atoms with Crippen LogP contribution in [-0.2, 0) is 27.1 Å². The highest BCUT2D eigenvalue weighted by atomic mass is 15.3. The monoisotopic (exact) mass is 980 g/mol. The van der Waals surface area contributed by atoms with Gasteiger partial charge in [0, 0.05) is 61.8 Å². The highest BCUT2D eigenvalue weighted by molar-refractivity contribution is 7.00. The van der Waals surface area contributed by atoms with E-state index in [-0.39, 0.29) is 39.3 Å². The quantitative estimate of drug-likeness (QED) is 0.163. The summed E-state index contributed by atoms with van der Waals surface area (Å²) in [6, 6.07) is 64.6. The molecular formula is C71H74BN3. The fourth-order valence-corrected chi connectivity index (χ4v) is 14.6. The number of hydrogen-bond acceptors (Lipinski definition) is 3. The normalized spacial score (nSPS) is 20.0. The minimum atomic E-state index is -0.197. The Morgan fingerprint density at radius 1 is 0.427 bits per heavy atom. The van der Waals surface area contributed by atoms with Crippen LogP contribution in [0.3, 0.4) is 0 Å². The number of hydrogen-bond donors (Lipinski definition) is 0. The zero-order chi connectivity index (χ0) is 52.4. The first kappa shape index (κ1) is 47.9. The maximum absolute atomic E-state index is 2.81. The van der Waals surface area contributed by atoms with E-state index in [1.54, 1.807) is 0 Å². The molecule has 3 nitrogen and oxygen atoms in total. The number of rotatable bonds is 4. The standard InChI is InChI=1S/C71H74BN3/c1-66(2,3)46-29-33-49(34-30-46)73-60-38-32-48(68(7,8)9)42-57(60)72-56-36-35-55-63(51-25-17-18-26-53(51)69(55,10)11)65(56)74(58-37-31-47(67(4,5)6)41-52(58)45-23-15-14-16-24-45)62-44-50(43-61(73)64(62)72)75-59-28-20-19-27-54(59)70(12)39-21-22-40-71(70,75)13/h14-20,23-38,41-44H,21-22,39-40H2,1-13H3. The molecule has 0 radical (unpaired) electrons. The van der Waals surface area contributed by atoms with Crippen LogP contribution in [-0.4, -0.2) is 12.3 Å². The summed E-state index contributed by atoms with van der Waals surface area (Å²) in [6.45, 7) is 31.1. The van der Waals surface area contributed by atoms with Crippen molar-refractivity contribution in [2.24, 2.45) is 0 Å². The van der Waals surface area contributed by atoms with Crippen LogP contribution in [0, 0.1) is 0 Å². The van der Waals surface area contributed by atoms with Crippen LogP contribution in [0.4, 0.5) is 45.5 Å². The van der Waals surface area contributed by atoms with Crippen LogP contribution in [0.2, 0.25) is 0 Å². The largest absolute Gasteiger partial charge is 0.334 e. The van der Waals surface area contributed by atoms with Crippen LogP contribution in [0.1, 0.15) is 149 Å². The van der Waals surface area contributed by atoms with Gasteiger partial charge in [-0.05, 0) is 145 Å². The Labute approximate surface area is 448 Å². The lowest BCUT2D eigenvalue weighted by Gasteiger charge is -2.51. The first-order chi connectivity index (χ1) is 35.6. The van der Waals surface area contributed by atoms with Gasteiger partial charge < -0.3 is 14.7 Å². The van der Waals surface area contributed by atoms with Crippen molar-refractivity contribution >= 4 is 68.6 Å². The smallest absolute Gasteiger partial charge is 0.252 e. The average molecular weight is 980 g/mol. The van der Waals surface area contributed by atoms with Gasteiger partial charge in [-0.1, -0.05) is 211 Å². The second-order valence-electron chi connectivity index (χ2n) is 26.9. The molecule has 4 heteroatoms. The lowest BCUT2D eigenvalue weighted by Crippen LogP contribution is -2.62. The SMILES string of the molecule is CC(C)(C)c1ccc(N2c3ccc(C(C)(C)C)cc3B3c4ccc5c(c4N(c4ccc(C(C)(C)C)cc4-c4ccccc4)c4cc(N6c7ccccc7C7(C)CCCCC67C)cc2c43)-c2ccccc2C5(C)C)cc1. The Hall–Kier alpha value is -6.78. The summed E-state index contributed by atoms with van der Waals surface area (Å²) in [6.07, 6.45) is 4.76. The Morgan fingerprint density at radius 3 is 1.71 bits per heavy atom. The summed E-state index contributed by atoms with van der Waals surface area (Å²) in [7, 11) is 0. The predicted molar refractivity (Wildman–Crippen MR) is 322 cm³/mol. The van der Waals surface area contributed by atoms with Gasteiger partial charge in [-0.25, -0.2) is 0 Å². The number of para-hydroxylation sites is 1. The summed E-state index contributed by atoms with van der Waals surface area (Å²) < 4.78 is 0. The third-order valence-electron chi connectivity index (χ3n) is 19.1. The van der Waals surface area contributed by atoms with Gasteiger partial charge in [0.2, 0.25) is 0 Å². The second-order valence-corrected chi connectivity index (χ2v) is 26.9. The van der Waals surface area contributed by atoms with Crippen LogP contribution in [0.15, 0.2) is 164 Å². The number of fused-ring (bicyclic) bond motifs is 11. The lowest BCUT2D eigenvalue weighted by molar-refractivity contribution is 0.195. The molecule has 1 saturated carbocycles. The molecule has 8 aromatic carbocycles. The Morgan fingerprint density at radius 2 is 1.01 bits per heavy atom. The van der Waals surface area contributed by atoms with Crippen LogP contribution in [0.25, 0.3) is 22.3 Å². The lowest BCUT2D eigenvalue weighted by atomic mass is 9.33.